The van der Waals surface area contributed by atoms with Crippen LogP contribution in [0.2, 0.25) is 0 Å². The van der Waals surface area contributed by atoms with Gasteiger partial charge in [-0.05, 0) is 38.1 Å². The molecule has 1 N–H and O–H groups in total. The molecule has 4 heteroatoms. The van der Waals surface area contributed by atoms with Gasteiger partial charge in [-0.3, -0.25) is 9.69 Å². The van der Waals surface area contributed by atoms with E-state index in [0.29, 0.717) is 30.5 Å². The minimum Gasteiger partial charge on any atom is -0.342 e. The fourth-order valence-electron chi connectivity index (χ4n) is 2.91. The van der Waals surface area contributed by atoms with Gasteiger partial charge in [0.05, 0.1) is 6.54 Å². The summed E-state index contributed by atoms with van der Waals surface area (Å²) >= 11 is 0. The van der Waals surface area contributed by atoms with E-state index in [0.717, 1.165) is 19.6 Å². The van der Waals surface area contributed by atoms with Crippen LogP contribution in [0.1, 0.15) is 39.5 Å². The van der Waals surface area contributed by atoms with Crippen molar-refractivity contribution in [3.05, 3.63) is 0 Å². The zero-order chi connectivity index (χ0) is 13.8. The van der Waals surface area contributed by atoms with Gasteiger partial charge < -0.3 is 10.2 Å². The van der Waals surface area contributed by atoms with Gasteiger partial charge >= 0.3 is 0 Å². The average molecular weight is 267 g/mol. The highest BCUT2D eigenvalue weighted by Gasteiger charge is 2.30. The highest BCUT2D eigenvalue weighted by Crippen LogP contribution is 2.25. The molecule has 110 valence electrons. The van der Waals surface area contributed by atoms with E-state index in [1.165, 1.54) is 25.7 Å². The van der Waals surface area contributed by atoms with E-state index in [2.05, 4.69) is 24.1 Å². The van der Waals surface area contributed by atoms with Crippen LogP contribution in [0.25, 0.3) is 0 Å². The van der Waals surface area contributed by atoms with E-state index >= 15 is 0 Å². The summed E-state index contributed by atoms with van der Waals surface area (Å²) in [5.74, 6) is 0.904. The fraction of sp³-hybridized carbons (Fsp3) is 0.933. The highest BCUT2D eigenvalue weighted by atomic mass is 16.2. The zero-order valence-electron chi connectivity index (χ0n) is 12.7. The van der Waals surface area contributed by atoms with Crippen molar-refractivity contribution in [3.63, 3.8) is 0 Å². The van der Waals surface area contributed by atoms with Crippen LogP contribution in [0.4, 0.5) is 0 Å². The maximum atomic E-state index is 12.3. The summed E-state index contributed by atoms with van der Waals surface area (Å²) in [6.45, 7) is 8.21. The van der Waals surface area contributed by atoms with Crippen molar-refractivity contribution in [2.45, 2.75) is 51.6 Å². The molecule has 0 aromatic heterocycles. The third kappa shape index (κ3) is 4.77. The molecule has 0 aromatic carbocycles. The Morgan fingerprint density at radius 1 is 1.32 bits per heavy atom. The van der Waals surface area contributed by atoms with Crippen molar-refractivity contribution >= 4 is 5.91 Å². The Morgan fingerprint density at radius 3 is 2.58 bits per heavy atom. The van der Waals surface area contributed by atoms with Gasteiger partial charge in [0.1, 0.15) is 0 Å². The van der Waals surface area contributed by atoms with Gasteiger partial charge in [0.15, 0.2) is 0 Å². The smallest absolute Gasteiger partial charge is 0.236 e. The number of carbonyl (C=O) groups excluding carboxylic acids is 1. The van der Waals surface area contributed by atoms with Gasteiger partial charge in [-0.25, -0.2) is 0 Å². The second kappa shape index (κ2) is 6.71. The van der Waals surface area contributed by atoms with E-state index in [1.807, 2.05) is 11.9 Å². The van der Waals surface area contributed by atoms with Gasteiger partial charge in [-0.2, -0.15) is 0 Å². The second-order valence-corrected chi connectivity index (χ2v) is 6.62. The Hall–Kier alpha value is -0.610. The third-order valence-electron chi connectivity index (χ3n) is 4.11. The molecular formula is C15H29N3O. The fourth-order valence-corrected chi connectivity index (χ4v) is 2.91. The number of hydrogen-bond donors (Lipinski definition) is 1. The Balaban J connectivity index is 1.82. The molecule has 1 heterocycles. The van der Waals surface area contributed by atoms with E-state index in [4.69, 9.17) is 0 Å². The summed E-state index contributed by atoms with van der Waals surface area (Å²) in [7, 11) is 1.96. The normalized spacial score (nSPS) is 23.3. The quantitative estimate of drug-likeness (QED) is 0.755. The molecule has 4 nitrogen and oxygen atoms in total. The first-order valence-electron chi connectivity index (χ1n) is 7.77. The van der Waals surface area contributed by atoms with Crippen LogP contribution in [0.15, 0.2) is 0 Å². The standard InChI is InChI=1S/C15H29N3O/c1-12(2)9-18(10-13-5-4-8-16-13)11-15(19)17(3)14-6-7-14/h12-14,16H,4-11H2,1-3H3. The van der Waals surface area contributed by atoms with Crippen LogP contribution in [0.5, 0.6) is 0 Å². The predicted molar refractivity (Wildman–Crippen MR) is 78.1 cm³/mol. The largest absolute Gasteiger partial charge is 0.342 e. The van der Waals surface area contributed by atoms with Crippen molar-refractivity contribution in [1.29, 1.82) is 0 Å². The molecular weight excluding hydrogens is 238 g/mol. The van der Waals surface area contributed by atoms with E-state index in [1.54, 1.807) is 0 Å². The number of nitrogens with zero attached hydrogens (tertiary/aromatic N) is 2. The van der Waals surface area contributed by atoms with E-state index < -0.39 is 0 Å². The summed E-state index contributed by atoms with van der Waals surface area (Å²) in [6, 6.07) is 1.11. The molecule has 1 aliphatic heterocycles. The van der Waals surface area contributed by atoms with Crippen molar-refractivity contribution in [2.75, 3.05) is 33.2 Å². The van der Waals surface area contributed by atoms with Crippen LogP contribution >= 0.6 is 0 Å². The monoisotopic (exact) mass is 267 g/mol. The lowest BCUT2D eigenvalue weighted by Crippen LogP contribution is -2.45. The number of nitrogens with one attached hydrogen (secondary N) is 1. The number of carbonyl (C=O) groups is 1. The molecule has 19 heavy (non-hydrogen) atoms. The number of amides is 1. The predicted octanol–water partition coefficient (Wildman–Crippen LogP) is 1.32. The van der Waals surface area contributed by atoms with Crippen LogP contribution < -0.4 is 5.32 Å². The van der Waals surface area contributed by atoms with Gasteiger partial charge in [0.25, 0.3) is 0 Å². The topological polar surface area (TPSA) is 35.6 Å². The lowest BCUT2D eigenvalue weighted by molar-refractivity contribution is -0.131. The maximum absolute atomic E-state index is 12.3. The Morgan fingerprint density at radius 2 is 2.05 bits per heavy atom. The molecule has 1 amide bonds. The van der Waals surface area contributed by atoms with Gasteiger partial charge in [0, 0.05) is 32.2 Å². The zero-order valence-corrected chi connectivity index (χ0v) is 12.7. The minimum absolute atomic E-state index is 0.293. The summed E-state index contributed by atoms with van der Waals surface area (Å²) in [5, 5.41) is 3.53. The minimum atomic E-state index is 0.293. The third-order valence-corrected chi connectivity index (χ3v) is 4.11. The molecule has 0 radical (unpaired) electrons. The number of likely N-dealkylation sites (N-methyl/N-ethyl adjacent to an activating group) is 1. The second-order valence-electron chi connectivity index (χ2n) is 6.62. The van der Waals surface area contributed by atoms with Crippen molar-refractivity contribution in [3.8, 4) is 0 Å². The maximum Gasteiger partial charge on any atom is 0.236 e. The Kier molecular flexibility index (Phi) is 5.22. The number of hydrogen-bond acceptors (Lipinski definition) is 3. The summed E-state index contributed by atoms with van der Waals surface area (Å²) in [6.07, 6.45) is 4.91. The average Bonchev–Trinajstić information content (AvgIpc) is 3.06. The first-order valence-corrected chi connectivity index (χ1v) is 7.77. The summed E-state index contributed by atoms with van der Waals surface area (Å²) < 4.78 is 0. The number of rotatable bonds is 7. The Bertz CT molecular complexity index is 296. The lowest BCUT2D eigenvalue weighted by Gasteiger charge is -2.28. The molecule has 1 saturated carbocycles. The lowest BCUT2D eigenvalue weighted by atomic mass is 10.1. The molecule has 1 aliphatic carbocycles. The van der Waals surface area contributed by atoms with Crippen LogP contribution in [-0.4, -0.2) is 61.0 Å². The Labute approximate surface area is 117 Å². The summed E-state index contributed by atoms with van der Waals surface area (Å²) in [4.78, 5) is 16.5. The first kappa shape index (κ1) is 14.8. The van der Waals surface area contributed by atoms with E-state index in [-0.39, 0.29) is 0 Å². The van der Waals surface area contributed by atoms with Gasteiger partial charge in [-0.1, -0.05) is 13.8 Å². The van der Waals surface area contributed by atoms with Crippen LogP contribution in [-0.2, 0) is 4.79 Å². The van der Waals surface area contributed by atoms with Gasteiger partial charge in [0.2, 0.25) is 5.91 Å². The molecule has 0 spiro atoms. The molecule has 2 rings (SSSR count). The van der Waals surface area contributed by atoms with Crippen LogP contribution in [0, 0.1) is 5.92 Å². The van der Waals surface area contributed by atoms with E-state index in [9.17, 15) is 4.79 Å². The molecule has 0 aromatic rings. The summed E-state index contributed by atoms with van der Waals surface area (Å²) in [5.41, 5.74) is 0. The molecule has 1 unspecified atom stereocenters. The molecule has 1 saturated heterocycles. The molecule has 1 atom stereocenters. The highest BCUT2D eigenvalue weighted by molar-refractivity contribution is 5.78. The molecule has 2 aliphatic rings. The first-order chi connectivity index (χ1) is 9.06. The van der Waals surface area contributed by atoms with Gasteiger partial charge in [-0.15, -0.1) is 0 Å². The van der Waals surface area contributed by atoms with Crippen LogP contribution in [0.3, 0.4) is 0 Å². The molecule has 0 bridgehead atoms. The van der Waals surface area contributed by atoms with Crippen molar-refractivity contribution < 1.29 is 4.79 Å². The van der Waals surface area contributed by atoms with Crippen molar-refractivity contribution in [2.24, 2.45) is 5.92 Å². The SMILES string of the molecule is CC(C)CN(CC(=O)N(C)C1CC1)CC1CCCN1. The molecule has 2 fully saturated rings. The van der Waals surface area contributed by atoms with Crippen molar-refractivity contribution in [1.82, 2.24) is 15.1 Å².